The van der Waals surface area contributed by atoms with E-state index >= 15 is 0 Å². The molecular formula is C12H11NO3. The number of rotatable bonds is 1. The standard InChI is InChI=1S/C12H11NO3/c14-9-5-8-4-7-2-1-3-10(7)12(13(15)16)11(8)6-9/h4H,1-3,5-6H2. The lowest BCUT2D eigenvalue weighted by atomic mass is 9.99. The second-order valence-corrected chi connectivity index (χ2v) is 4.50. The normalized spacial score (nSPS) is 17.4. The maximum absolute atomic E-state index is 11.4. The summed E-state index contributed by atoms with van der Waals surface area (Å²) in [5, 5.41) is 11.1. The van der Waals surface area contributed by atoms with Gasteiger partial charge in [0, 0.05) is 24.0 Å². The number of ketones is 1. The molecular weight excluding hydrogens is 206 g/mol. The fourth-order valence-electron chi connectivity index (χ4n) is 2.88. The maximum Gasteiger partial charge on any atom is 0.276 e. The van der Waals surface area contributed by atoms with Crippen LogP contribution >= 0.6 is 0 Å². The molecule has 0 saturated carbocycles. The summed E-state index contributed by atoms with van der Waals surface area (Å²) in [6, 6.07) is 2.01. The number of hydrogen-bond donors (Lipinski definition) is 0. The summed E-state index contributed by atoms with van der Waals surface area (Å²) in [7, 11) is 0. The van der Waals surface area contributed by atoms with E-state index in [1.54, 1.807) is 0 Å². The van der Waals surface area contributed by atoms with Gasteiger partial charge in [0.15, 0.2) is 0 Å². The van der Waals surface area contributed by atoms with Gasteiger partial charge in [-0.2, -0.15) is 0 Å². The van der Waals surface area contributed by atoms with Gasteiger partial charge in [-0.1, -0.05) is 6.07 Å². The lowest BCUT2D eigenvalue weighted by Gasteiger charge is -2.06. The molecule has 4 nitrogen and oxygen atoms in total. The Hall–Kier alpha value is -1.71. The number of nitro groups is 1. The molecule has 0 atom stereocenters. The first-order valence-electron chi connectivity index (χ1n) is 5.49. The Bertz CT molecular complexity index is 519. The first-order chi connectivity index (χ1) is 7.66. The second-order valence-electron chi connectivity index (χ2n) is 4.50. The highest BCUT2D eigenvalue weighted by Gasteiger charge is 2.33. The van der Waals surface area contributed by atoms with Gasteiger partial charge >= 0.3 is 0 Å². The number of nitro benzene ring substituents is 1. The Morgan fingerprint density at radius 3 is 2.69 bits per heavy atom. The molecule has 0 heterocycles. The average Bonchev–Trinajstić information content (AvgIpc) is 2.77. The first-order valence-corrected chi connectivity index (χ1v) is 5.49. The van der Waals surface area contributed by atoms with Crippen LogP contribution in [-0.2, 0) is 30.5 Å². The van der Waals surface area contributed by atoms with Crippen LogP contribution in [0.15, 0.2) is 6.07 Å². The van der Waals surface area contributed by atoms with Crippen molar-refractivity contribution in [2.45, 2.75) is 32.1 Å². The Balaban J connectivity index is 2.28. The van der Waals surface area contributed by atoms with Gasteiger partial charge in [-0.3, -0.25) is 14.9 Å². The van der Waals surface area contributed by atoms with E-state index < -0.39 is 0 Å². The summed E-state index contributed by atoms with van der Waals surface area (Å²) < 4.78 is 0. The summed E-state index contributed by atoms with van der Waals surface area (Å²) in [6.07, 6.45) is 3.32. The maximum atomic E-state index is 11.4. The zero-order valence-electron chi connectivity index (χ0n) is 8.78. The minimum Gasteiger partial charge on any atom is -0.299 e. The average molecular weight is 217 g/mol. The highest BCUT2D eigenvalue weighted by molar-refractivity contribution is 5.90. The van der Waals surface area contributed by atoms with Gasteiger partial charge in [-0.15, -0.1) is 0 Å². The SMILES string of the molecule is O=C1Cc2cc3c(c([N+](=O)[O-])c2C1)CCC3. The van der Waals surface area contributed by atoms with Gasteiger partial charge in [-0.05, 0) is 30.4 Å². The molecule has 2 aliphatic rings. The van der Waals surface area contributed by atoms with Crippen molar-refractivity contribution >= 4 is 11.5 Å². The van der Waals surface area contributed by atoms with Crippen LogP contribution in [0.25, 0.3) is 0 Å². The molecule has 0 unspecified atom stereocenters. The summed E-state index contributed by atoms with van der Waals surface area (Å²) in [4.78, 5) is 22.2. The lowest BCUT2D eigenvalue weighted by molar-refractivity contribution is -0.386. The van der Waals surface area contributed by atoms with Crippen LogP contribution in [0.3, 0.4) is 0 Å². The Morgan fingerprint density at radius 1 is 1.12 bits per heavy atom. The second kappa shape index (κ2) is 3.14. The molecule has 0 spiro atoms. The largest absolute Gasteiger partial charge is 0.299 e. The van der Waals surface area contributed by atoms with Gasteiger partial charge in [0.2, 0.25) is 0 Å². The third kappa shape index (κ3) is 1.19. The van der Waals surface area contributed by atoms with Gasteiger partial charge < -0.3 is 0 Å². The molecule has 1 aromatic rings. The predicted octanol–water partition coefficient (Wildman–Crippen LogP) is 1.75. The fraction of sp³-hybridized carbons (Fsp3) is 0.417. The molecule has 0 aliphatic heterocycles. The number of fused-ring (bicyclic) bond motifs is 2. The summed E-state index contributed by atoms with van der Waals surface area (Å²) >= 11 is 0. The fourth-order valence-corrected chi connectivity index (χ4v) is 2.88. The number of carbonyl (C=O) groups is 1. The summed E-state index contributed by atoms with van der Waals surface area (Å²) in [6.45, 7) is 0. The van der Waals surface area contributed by atoms with E-state index in [9.17, 15) is 14.9 Å². The van der Waals surface area contributed by atoms with Crippen molar-refractivity contribution < 1.29 is 9.72 Å². The van der Waals surface area contributed by atoms with Crippen LogP contribution < -0.4 is 0 Å². The van der Waals surface area contributed by atoms with E-state index in [4.69, 9.17) is 0 Å². The zero-order valence-corrected chi connectivity index (χ0v) is 8.78. The predicted molar refractivity (Wildman–Crippen MR) is 57.5 cm³/mol. The van der Waals surface area contributed by atoms with Gasteiger partial charge in [0.05, 0.1) is 4.92 Å². The monoisotopic (exact) mass is 217 g/mol. The molecule has 0 radical (unpaired) electrons. The minimum atomic E-state index is -0.304. The molecule has 0 saturated heterocycles. The van der Waals surface area contributed by atoms with Crippen LogP contribution in [0.4, 0.5) is 5.69 Å². The Morgan fingerprint density at radius 2 is 1.94 bits per heavy atom. The van der Waals surface area contributed by atoms with Crippen LogP contribution in [0.5, 0.6) is 0 Å². The number of nitrogens with zero attached hydrogens (tertiary/aromatic N) is 1. The van der Waals surface area contributed by atoms with Crippen molar-refractivity contribution in [3.05, 3.63) is 38.4 Å². The van der Waals surface area contributed by atoms with Crippen molar-refractivity contribution in [1.29, 1.82) is 0 Å². The van der Waals surface area contributed by atoms with Crippen molar-refractivity contribution in [2.24, 2.45) is 0 Å². The molecule has 16 heavy (non-hydrogen) atoms. The van der Waals surface area contributed by atoms with E-state index in [1.165, 1.54) is 0 Å². The van der Waals surface area contributed by atoms with Gasteiger partial charge in [-0.25, -0.2) is 0 Å². The molecule has 0 bridgehead atoms. The lowest BCUT2D eigenvalue weighted by Crippen LogP contribution is -2.01. The van der Waals surface area contributed by atoms with Crippen molar-refractivity contribution in [3.63, 3.8) is 0 Å². The van der Waals surface area contributed by atoms with Crippen molar-refractivity contribution in [1.82, 2.24) is 0 Å². The van der Waals surface area contributed by atoms with Crippen LogP contribution in [0, 0.1) is 10.1 Å². The number of hydrogen-bond acceptors (Lipinski definition) is 3. The number of aryl methyl sites for hydroxylation is 1. The highest BCUT2D eigenvalue weighted by Crippen LogP contribution is 2.38. The third-order valence-electron chi connectivity index (χ3n) is 3.51. The van der Waals surface area contributed by atoms with Gasteiger partial charge in [0.1, 0.15) is 5.78 Å². The minimum absolute atomic E-state index is 0.0989. The van der Waals surface area contributed by atoms with Crippen LogP contribution in [0.2, 0.25) is 0 Å². The van der Waals surface area contributed by atoms with E-state index in [2.05, 4.69) is 0 Å². The van der Waals surface area contributed by atoms with E-state index in [1.807, 2.05) is 6.07 Å². The summed E-state index contributed by atoms with van der Waals surface area (Å²) in [5.41, 5.74) is 3.75. The zero-order chi connectivity index (χ0) is 11.3. The quantitative estimate of drug-likeness (QED) is 0.532. The molecule has 3 rings (SSSR count). The topological polar surface area (TPSA) is 60.2 Å². The molecule has 0 N–H and O–H groups in total. The van der Waals surface area contributed by atoms with Crippen molar-refractivity contribution in [3.8, 4) is 0 Å². The first kappa shape index (κ1) is 9.51. The van der Waals surface area contributed by atoms with E-state index in [0.29, 0.717) is 12.0 Å². The summed E-state index contributed by atoms with van der Waals surface area (Å²) in [5.74, 6) is 0.0989. The molecule has 0 aromatic heterocycles. The smallest absolute Gasteiger partial charge is 0.276 e. The van der Waals surface area contributed by atoms with E-state index in [-0.39, 0.29) is 22.8 Å². The van der Waals surface area contributed by atoms with Crippen LogP contribution in [-0.4, -0.2) is 10.7 Å². The highest BCUT2D eigenvalue weighted by atomic mass is 16.6. The van der Waals surface area contributed by atoms with Crippen LogP contribution in [0.1, 0.15) is 28.7 Å². The molecule has 0 amide bonds. The Kier molecular flexibility index (Phi) is 1.87. The number of Topliss-reactive ketones (excluding diaryl/α,β-unsaturated/α-hetero) is 1. The Labute approximate surface area is 92.4 Å². The molecule has 1 aromatic carbocycles. The molecule has 2 aliphatic carbocycles. The van der Waals surface area contributed by atoms with E-state index in [0.717, 1.165) is 36.0 Å². The molecule has 4 heteroatoms. The van der Waals surface area contributed by atoms with Gasteiger partial charge in [0.25, 0.3) is 5.69 Å². The number of benzene rings is 1. The molecule has 0 fully saturated rings. The third-order valence-corrected chi connectivity index (χ3v) is 3.51. The number of carbonyl (C=O) groups excluding carboxylic acids is 1. The molecule has 82 valence electrons. The van der Waals surface area contributed by atoms with Crippen molar-refractivity contribution in [2.75, 3.05) is 0 Å².